The molecule has 0 radical (unpaired) electrons. The molecule has 2 rings (SSSR count). The van der Waals surface area contributed by atoms with Crippen LogP contribution in [-0.2, 0) is 10.2 Å². The van der Waals surface area contributed by atoms with E-state index in [1.165, 1.54) is 48.5 Å². The van der Waals surface area contributed by atoms with Crippen LogP contribution in [0.1, 0.15) is 11.1 Å². The number of nitrogens with zero attached hydrogens (tertiary/aromatic N) is 2. The fourth-order valence-corrected chi connectivity index (χ4v) is 2.51. The average Bonchev–Trinajstić information content (AvgIpc) is 2.48. The zero-order valence-corrected chi connectivity index (χ0v) is 11.6. The van der Waals surface area contributed by atoms with E-state index in [0.717, 1.165) is 0 Å². The third kappa shape index (κ3) is 3.96. The van der Waals surface area contributed by atoms with Gasteiger partial charge < -0.3 is 0 Å². The van der Waals surface area contributed by atoms with Crippen LogP contribution in [0, 0.1) is 22.7 Å². The number of anilines is 2. The molecule has 0 aromatic heterocycles. The molecular formula is C14H10N4O2S. The molecule has 104 valence electrons. The van der Waals surface area contributed by atoms with Crippen LogP contribution in [0.5, 0.6) is 0 Å². The van der Waals surface area contributed by atoms with Crippen LogP contribution in [-0.4, -0.2) is 8.42 Å². The summed E-state index contributed by atoms with van der Waals surface area (Å²) in [6.45, 7) is 0. The van der Waals surface area contributed by atoms with Crippen molar-refractivity contribution in [3.8, 4) is 12.1 Å². The second-order valence-corrected chi connectivity index (χ2v) is 5.50. The van der Waals surface area contributed by atoms with Gasteiger partial charge >= 0.3 is 10.2 Å². The maximum atomic E-state index is 11.9. The molecule has 0 spiro atoms. The van der Waals surface area contributed by atoms with E-state index in [2.05, 4.69) is 9.44 Å². The first-order chi connectivity index (χ1) is 10.0. The smallest absolute Gasteiger partial charge is 0.267 e. The fourth-order valence-electron chi connectivity index (χ4n) is 1.56. The second-order valence-electron chi connectivity index (χ2n) is 4.09. The monoisotopic (exact) mass is 298 g/mol. The molecule has 0 bridgehead atoms. The Morgan fingerprint density at radius 1 is 0.714 bits per heavy atom. The Labute approximate surface area is 122 Å². The first-order valence-corrected chi connectivity index (χ1v) is 7.31. The molecule has 0 unspecified atom stereocenters. The average molecular weight is 298 g/mol. The minimum atomic E-state index is -3.79. The van der Waals surface area contributed by atoms with Gasteiger partial charge in [0.2, 0.25) is 0 Å². The van der Waals surface area contributed by atoms with Gasteiger partial charge in [-0.1, -0.05) is 0 Å². The van der Waals surface area contributed by atoms with Gasteiger partial charge in [-0.15, -0.1) is 0 Å². The SMILES string of the molecule is N#Cc1ccc(NS(=O)(=O)Nc2ccc(C#N)cc2)cc1. The molecule has 21 heavy (non-hydrogen) atoms. The molecule has 0 saturated carbocycles. The van der Waals surface area contributed by atoms with Crippen LogP contribution in [0.15, 0.2) is 48.5 Å². The molecule has 0 aliphatic carbocycles. The van der Waals surface area contributed by atoms with Crippen molar-refractivity contribution in [2.45, 2.75) is 0 Å². The van der Waals surface area contributed by atoms with Crippen molar-refractivity contribution in [3.63, 3.8) is 0 Å². The van der Waals surface area contributed by atoms with E-state index in [1.807, 2.05) is 12.1 Å². The lowest BCUT2D eigenvalue weighted by Crippen LogP contribution is -2.21. The molecule has 7 heteroatoms. The van der Waals surface area contributed by atoms with Crippen LogP contribution in [0.3, 0.4) is 0 Å². The summed E-state index contributed by atoms with van der Waals surface area (Å²) in [5.41, 5.74) is 1.57. The van der Waals surface area contributed by atoms with Crippen molar-refractivity contribution in [2.24, 2.45) is 0 Å². The van der Waals surface area contributed by atoms with E-state index in [9.17, 15) is 8.42 Å². The molecule has 2 N–H and O–H groups in total. The summed E-state index contributed by atoms with van der Waals surface area (Å²) in [6, 6.07) is 15.9. The number of nitriles is 2. The molecule has 0 heterocycles. The largest absolute Gasteiger partial charge is 0.321 e. The van der Waals surface area contributed by atoms with Gasteiger partial charge in [0.15, 0.2) is 0 Å². The van der Waals surface area contributed by atoms with Crippen LogP contribution in [0.4, 0.5) is 11.4 Å². The van der Waals surface area contributed by atoms with Crippen molar-refractivity contribution in [2.75, 3.05) is 9.44 Å². The van der Waals surface area contributed by atoms with Gasteiger partial charge in [-0.05, 0) is 48.5 Å². The molecule has 0 amide bonds. The van der Waals surface area contributed by atoms with Gasteiger partial charge in [0.25, 0.3) is 0 Å². The molecule has 6 nitrogen and oxygen atoms in total. The van der Waals surface area contributed by atoms with E-state index in [0.29, 0.717) is 22.5 Å². The van der Waals surface area contributed by atoms with E-state index in [4.69, 9.17) is 10.5 Å². The lowest BCUT2D eigenvalue weighted by atomic mass is 10.2. The number of nitrogens with one attached hydrogen (secondary N) is 2. The summed E-state index contributed by atoms with van der Waals surface area (Å²) < 4.78 is 28.5. The summed E-state index contributed by atoms with van der Waals surface area (Å²) in [6.07, 6.45) is 0. The van der Waals surface area contributed by atoms with Gasteiger partial charge in [0, 0.05) is 0 Å². The number of hydrogen-bond acceptors (Lipinski definition) is 4. The highest BCUT2D eigenvalue weighted by atomic mass is 32.2. The minimum Gasteiger partial charge on any atom is -0.267 e. The fraction of sp³-hybridized carbons (Fsp3) is 0. The third-order valence-electron chi connectivity index (χ3n) is 2.53. The van der Waals surface area contributed by atoms with Gasteiger partial charge in [0.1, 0.15) is 0 Å². The van der Waals surface area contributed by atoms with Gasteiger partial charge in [-0.3, -0.25) is 9.44 Å². The number of hydrogen-bond donors (Lipinski definition) is 2. The predicted octanol–water partition coefficient (Wildman–Crippen LogP) is 2.20. The Hall–Kier alpha value is -3.03. The Morgan fingerprint density at radius 2 is 1.05 bits per heavy atom. The third-order valence-corrected chi connectivity index (χ3v) is 3.54. The first-order valence-electron chi connectivity index (χ1n) is 5.83. The van der Waals surface area contributed by atoms with Crippen molar-refractivity contribution >= 4 is 21.6 Å². The van der Waals surface area contributed by atoms with Gasteiger partial charge in [-0.25, -0.2) is 0 Å². The standard InChI is InChI=1S/C14H10N4O2S/c15-9-11-1-5-13(6-2-11)17-21(19,20)18-14-7-3-12(10-16)4-8-14/h1-8,17-18H. The lowest BCUT2D eigenvalue weighted by molar-refractivity contribution is 0.606. The van der Waals surface area contributed by atoms with E-state index in [-0.39, 0.29) is 0 Å². The maximum Gasteiger partial charge on any atom is 0.321 e. The normalized spacial score (nSPS) is 10.2. The molecular weight excluding hydrogens is 288 g/mol. The summed E-state index contributed by atoms with van der Waals surface area (Å²) >= 11 is 0. The summed E-state index contributed by atoms with van der Waals surface area (Å²) in [5, 5.41) is 17.3. The molecule has 0 atom stereocenters. The lowest BCUT2D eigenvalue weighted by Gasteiger charge is -2.10. The minimum absolute atomic E-state index is 0.343. The highest BCUT2D eigenvalue weighted by molar-refractivity contribution is 7.94. The Kier molecular flexibility index (Phi) is 4.07. The van der Waals surface area contributed by atoms with E-state index in [1.54, 1.807) is 0 Å². The van der Waals surface area contributed by atoms with Crippen molar-refractivity contribution < 1.29 is 8.42 Å². The van der Waals surface area contributed by atoms with Crippen LogP contribution in [0.25, 0.3) is 0 Å². The predicted molar refractivity (Wildman–Crippen MR) is 78.5 cm³/mol. The van der Waals surface area contributed by atoms with Gasteiger partial charge in [-0.2, -0.15) is 18.9 Å². The molecule has 0 fully saturated rings. The highest BCUT2D eigenvalue weighted by Crippen LogP contribution is 2.14. The number of rotatable bonds is 4. The molecule has 0 aliphatic rings. The summed E-state index contributed by atoms with van der Waals surface area (Å²) in [7, 11) is -3.79. The van der Waals surface area contributed by atoms with Crippen molar-refractivity contribution in [1.82, 2.24) is 0 Å². The van der Waals surface area contributed by atoms with Crippen LogP contribution >= 0.6 is 0 Å². The summed E-state index contributed by atoms with van der Waals surface area (Å²) in [4.78, 5) is 0. The van der Waals surface area contributed by atoms with Crippen LogP contribution < -0.4 is 9.44 Å². The maximum absolute atomic E-state index is 11.9. The second kappa shape index (κ2) is 5.95. The first kappa shape index (κ1) is 14.4. The van der Waals surface area contributed by atoms with Crippen molar-refractivity contribution in [3.05, 3.63) is 59.7 Å². The summed E-state index contributed by atoms with van der Waals surface area (Å²) in [5.74, 6) is 0. The molecule has 0 saturated heterocycles. The Morgan fingerprint density at radius 3 is 1.33 bits per heavy atom. The van der Waals surface area contributed by atoms with E-state index < -0.39 is 10.2 Å². The highest BCUT2D eigenvalue weighted by Gasteiger charge is 2.10. The molecule has 2 aromatic carbocycles. The Bertz CT molecular complexity index is 748. The molecule has 0 aliphatic heterocycles. The Balaban J connectivity index is 2.10. The van der Waals surface area contributed by atoms with Gasteiger partial charge in [0.05, 0.1) is 34.6 Å². The van der Waals surface area contributed by atoms with Crippen molar-refractivity contribution in [1.29, 1.82) is 10.5 Å². The zero-order chi connectivity index (χ0) is 15.3. The number of benzene rings is 2. The van der Waals surface area contributed by atoms with Crippen LogP contribution in [0.2, 0.25) is 0 Å². The topological polar surface area (TPSA) is 106 Å². The molecule has 2 aromatic rings. The zero-order valence-electron chi connectivity index (χ0n) is 10.7. The quantitative estimate of drug-likeness (QED) is 0.902. The van der Waals surface area contributed by atoms with E-state index >= 15 is 0 Å².